The highest BCUT2D eigenvalue weighted by Crippen LogP contribution is 2.48. The van der Waals surface area contributed by atoms with Crippen LogP contribution in [-0.4, -0.2) is 23.4 Å². The van der Waals surface area contributed by atoms with Gasteiger partial charge in [0.05, 0.1) is 5.41 Å². The summed E-state index contributed by atoms with van der Waals surface area (Å²) < 4.78 is 2.49. The average Bonchev–Trinajstić information content (AvgIpc) is 3.17. The minimum Gasteiger partial charge on any atom is -0.344 e. The topological polar surface area (TPSA) is 6.25 Å². The van der Waals surface area contributed by atoms with Gasteiger partial charge in [0, 0.05) is 41.1 Å². The molecule has 33 heavy (non-hydrogen) atoms. The van der Waals surface area contributed by atoms with Crippen molar-refractivity contribution >= 4 is 27.9 Å². The number of hydrogen-bond donors (Lipinski definition) is 0. The van der Waals surface area contributed by atoms with Gasteiger partial charge in [-0.05, 0) is 62.2 Å². The number of likely N-dealkylation sites (N-methyl/N-ethyl adjacent to an activating group) is 1. The van der Waals surface area contributed by atoms with E-state index in [9.17, 15) is 0 Å². The van der Waals surface area contributed by atoms with Crippen LogP contribution in [0, 0.1) is 0 Å². The number of nitrogens with zero attached hydrogens (tertiary/aromatic N) is 2. The molecule has 0 bridgehead atoms. The fourth-order valence-corrected chi connectivity index (χ4v) is 6.09. The summed E-state index contributed by atoms with van der Waals surface area (Å²) in [5, 5.41) is 2.68. The first-order valence-corrected chi connectivity index (χ1v) is 12.3. The smallest absolute Gasteiger partial charge is 0.210 e. The van der Waals surface area contributed by atoms with Crippen LogP contribution in [0.4, 0.5) is 11.4 Å². The molecule has 0 saturated carbocycles. The van der Waals surface area contributed by atoms with Crippen LogP contribution in [0.3, 0.4) is 0 Å². The van der Waals surface area contributed by atoms with Crippen molar-refractivity contribution in [2.75, 3.05) is 18.0 Å². The van der Waals surface area contributed by atoms with Gasteiger partial charge in [0.25, 0.3) is 0 Å². The van der Waals surface area contributed by atoms with Crippen molar-refractivity contribution in [1.29, 1.82) is 0 Å². The molecule has 0 aromatic heterocycles. The second-order valence-corrected chi connectivity index (χ2v) is 10.2. The summed E-state index contributed by atoms with van der Waals surface area (Å²) in [5.41, 5.74) is 8.21. The van der Waals surface area contributed by atoms with Crippen LogP contribution < -0.4 is 4.90 Å². The van der Waals surface area contributed by atoms with Gasteiger partial charge >= 0.3 is 0 Å². The molecule has 2 aliphatic heterocycles. The third kappa shape index (κ3) is 3.11. The Bertz CT molecular complexity index is 1330. The SMILES string of the molecule is CCN1/C(=C/C=C/C2=[N+](CC)c3ccc4ccccc4c3C2(C)C)C(C)(C)c2ccccc21. The highest BCUT2D eigenvalue weighted by atomic mass is 15.2. The molecule has 5 rings (SSSR count). The van der Waals surface area contributed by atoms with E-state index in [-0.39, 0.29) is 10.8 Å². The van der Waals surface area contributed by atoms with Gasteiger partial charge in [0.1, 0.15) is 6.54 Å². The predicted molar refractivity (Wildman–Crippen MR) is 142 cm³/mol. The van der Waals surface area contributed by atoms with Gasteiger partial charge in [-0.15, -0.1) is 0 Å². The van der Waals surface area contributed by atoms with Gasteiger partial charge < -0.3 is 4.90 Å². The number of benzene rings is 3. The van der Waals surface area contributed by atoms with Crippen LogP contribution in [-0.2, 0) is 10.8 Å². The lowest BCUT2D eigenvalue weighted by Crippen LogP contribution is -2.28. The van der Waals surface area contributed by atoms with E-state index < -0.39 is 0 Å². The molecule has 0 unspecified atom stereocenters. The third-order valence-electron chi connectivity index (χ3n) is 7.69. The molecule has 3 aromatic rings. The lowest BCUT2D eigenvalue weighted by Gasteiger charge is -2.25. The minimum atomic E-state index is -0.0557. The highest BCUT2D eigenvalue weighted by molar-refractivity contribution is 6.07. The lowest BCUT2D eigenvalue weighted by atomic mass is 9.79. The molecule has 168 valence electrons. The molecule has 0 atom stereocenters. The zero-order chi connectivity index (χ0) is 23.4. The van der Waals surface area contributed by atoms with Crippen LogP contribution in [0.2, 0.25) is 0 Å². The van der Waals surface area contributed by atoms with E-state index in [0.717, 1.165) is 13.1 Å². The maximum Gasteiger partial charge on any atom is 0.210 e. The van der Waals surface area contributed by atoms with Gasteiger partial charge in [-0.1, -0.05) is 62.4 Å². The summed E-state index contributed by atoms with van der Waals surface area (Å²) in [6, 6.07) is 22.2. The van der Waals surface area contributed by atoms with Crippen molar-refractivity contribution in [3.63, 3.8) is 0 Å². The summed E-state index contributed by atoms with van der Waals surface area (Å²) in [5.74, 6) is 0. The Labute approximate surface area is 198 Å². The normalized spacial score (nSPS) is 19.7. The number of anilines is 1. The zero-order valence-electron chi connectivity index (χ0n) is 20.8. The van der Waals surface area contributed by atoms with Crippen molar-refractivity contribution in [1.82, 2.24) is 0 Å². The standard InChI is InChI=1S/C31H35N2/c1-7-32-25-17-12-11-16-24(25)30(3,4)27(32)18-13-19-28-31(5,6)29-23-15-10-9-14-22(23)20-21-26(29)33(28)8-2/h9-21H,7-8H2,1-6H3/q+1. The van der Waals surface area contributed by atoms with Crippen LogP contribution in [0.25, 0.3) is 10.8 Å². The second-order valence-electron chi connectivity index (χ2n) is 10.2. The molecule has 0 aliphatic carbocycles. The number of para-hydroxylation sites is 1. The molecule has 2 heteroatoms. The highest BCUT2D eigenvalue weighted by Gasteiger charge is 2.45. The molecular formula is C31H35N2+. The first-order valence-electron chi connectivity index (χ1n) is 12.3. The molecule has 0 saturated heterocycles. The molecule has 2 aliphatic rings. The van der Waals surface area contributed by atoms with E-state index in [4.69, 9.17) is 0 Å². The monoisotopic (exact) mass is 435 g/mol. The molecule has 0 radical (unpaired) electrons. The fraction of sp³-hybridized carbons (Fsp3) is 0.323. The average molecular weight is 436 g/mol. The summed E-state index contributed by atoms with van der Waals surface area (Å²) in [4.78, 5) is 2.46. The van der Waals surface area contributed by atoms with E-state index in [1.54, 1.807) is 0 Å². The van der Waals surface area contributed by atoms with Crippen LogP contribution in [0.1, 0.15) is 52.7 Å². The van der Waals surface area contributed by atoms with E-state index in [1.165, 1.54) is 44.7 Å². The van der Waals surface area contributed by atoms with Gasteiger partial charge in [0.15, 0.2) is 5.71 Å². The molecule has 0 fully saturated rings. The molecular weight excluding hydrogens is 400 g/mol. The van der Waals surface area contributed by atoms with Crippen LogP contribution in [0.15, 0.2) is 84.6 Å². The predicted octanol–water partition coefficient (Wildman–Crippen LogP) is 7.49. The first kappa shape index (κ1) is 21.7. The molecule has 2 nitrogen and oxygen atoms in total. The summed E-state index contributed by atoms with van der Waals surface area (Å²) >= 11 is 0. The van der Waals surface area contributed by atoms with Crippen molar-refractivity contribution in [3.05, 3.63) is 95.7 Å². The number of fused-ring (bicyclic) bond motifs is 4. The molecule has 3 aromatic carbocycles. The summed E-state index contributed by atoms with van der Waals surface area (Å²) in [6.45, 7) is 15.8. The molecule has 0 amide bonds. The Balaban J connectivity index is 1.58. The Morgan fingerprint density at radius 2 is 1.58 bits per heavy atom. The molecule has 0 N–H and O–H groups in total. The maximum atomic E-state index is 2.49. The largest absolute Gasteiger partial charge is 0.344 e. The van der Waals surface area contributed by atoms with Gasteiger partial charge in [-0.25, -0.2) is 0 Å². The quantitative estimate of drug-likeness (QED) is 0.385. The third-order valence-corrected chi connectivity index (χ3v) is 7.69. The second kappa shape index (κ2) is 7.73. The van der Waals surface area contributed by atoms with Crippen molar-refractivity contribution in [3.8, 4) is 0 Å². The lowest BCUT2D eigenvalue weighted by molar-refractivity contribution is -0.433. The summed E-state index contributed by atoms with van der Waals surface area (Å²) in [6.07, 6.45) is 6.96. The van der Waals surface area contributed by atoms with Crippen LogP contribution >= 0.6 is 0 Å². The number of hydrogen-bond acceptors (Lipinski definition) is 1. The molecule has 0 spiro atoms. The van der Waals surface area contributed by atoms with Gasteiger partial charge in [0.2, 0.25) is 5.69 Å². The minimum absolute atomic E-state index is 0.00356. The van der Waals surface area contributed by atoms with E-state index in [2.05, 4.69) is 130 Å². The van der Waals surface area contributed by atoms with E-state index in [0.29, 0.717) is 0 Å². The Hall–Kier alpha value is -3.13. The van der Waals surface area contributed by atoms with Gasteiger partial charge in [-0.2, -0.15) is 4.58 Å². The van der Waals surface area contributed by atoms with E-state index >= 15 is 0 Å². The summed E-state index contributed by atoms with van der Waals surface area (Å²) in [7, 11) is 0. The fourth-order valence-electron chi connectivity index (χ4n) is 6.09. The van der Waals surface area contributed by atoms with Crippen molar-refractivity contribution in [2.45, 2.75) is 52.4 Å². The number of allylic oxidation sites excluding steroid dienone is 4. The Morgan fingerprint density at radius 3 is 2.33 bits per heavy atom. The van der Waals surface area contributed by atoms with E-state index in [1.807, 2.05) is 0 Å². The molecule has 2 heterocycles. The number of rotatable bonds is 4. The van der Waals surface area contributed by atoms with Gasteiger partial charge in [-0.3, -0.25) is 0 Å². The Kier molecular flexibility index (Phi) is 5.08. The first-order chi connectivity index (χ1) is 15.8. The maximum absolute atomic E-state index is 2.49. The van der Waals surface area contributed by atoms with Crippen molar-refractivity contribution < 1.29 is 4.58 Å². The van der Waals surface area contributed by atoms with Crippen LogP contribution in [0.5, 0.6) is 0 Å². The zero-order valence-corrected chi connectivity index (χ0v) is 20.8. The van der Waals surface area contributed by atoms with Crippen molar-refractivity contribution in [2.24, 2.45) is 0 Å². The Morgan fingerprint density at radius 1 is 0.848 bits per heavy atom.